The summed E-state index contributed by atoms with van der Waals surface area (Å²) in [6.45, 7) is 4.60. The van der Waals surface area contributed by atoms with Gasteiger partial charge in [0.05, 0.1) is 27.9 Å². The van der Waals surface area contributed by atoms with Crippen molar-refractivity contribution in [2.24, 2.45) is 5.92 Å². The molecule has 0 aliphatic carbocycles. The van der Waals surface area contributed by atoms with Crippen molar-refractivity contribution in [3.63, 3.8) is 0 Å². The van der Waals surface area contributed by atoms with Crippen LogP contribution in [0.1, 0.15) is 30.7 Å². The zero-order valence-corrected chi connectivity index (χ0v) is 22.7. The minimum atomic E-state index is -0.288. The van der Waals surface area contributed by atoms with Crippen LogP contribution in [0.5, 0.6) is 0 Å². The Morgan fingerprint density at radius 3 is 2.61 bits per heavy atom. The number of anilines is 2. The summed E-state index contributed by atoms with van der Waals surface area (Å²) in [7, 11) is 0. The van der Waals surface area contributed by atoms with Crippen molar-refractivity contribution in [2.45, 2.75) is 31.2 Å². The van der Waals surface area contributed by atoms with E-state index in [2.05, 4.69) is 36.1 Å². The first-order valence-corrected chi connectivity index (χ1v) is 14.6. The lowest BCUT2D eigenvalue weighted by atomic mass is 9.83. The summed E-state index contributed by atoms with van der Waals surface area (Å²) >= 11 is 0. The highest BCUT2D eigenvalue weighted by Crippen LogP contribution is 2.39. The van der Waals surface area contributed by atoms with Crippen molar-refractivity contribution < 1.29 is 4.39 Å². The number of hydrogen-bond donors (Lipinski definition) is 3. The van der Waals surface area contributed by atoms with Gasteiger partial charge < -0.3 is 25.1 Å². The van der Waals surface area contributed by atoms with E-state index >= 15 is 4.39 Å². The zero-order chi connectivity index (χ0) is 27.5. The Morgan fingerprint density at radius 2 is 1.83 bits per heavy atom. The summed E-state index contributed by atoms with van der Waals surface area (Å²) in [6.07, 6.45) is 6.86. The van der Waals surface area contributed by atoms with E-state index in [1.54, 1.807) is 12.3 Å². The van der Waals surface area contributed by atoms with Crippen molar-refractivity contribution >= 4 is 33.3 Å². The number of piperidine rings is 3. The summed E-state index contributed by atoms with van der Waals surface area (Å²) in [5, 5.41) is 4.41. The van der Waals surface area contributed by atoms with Gasteiger partial charge in [-0.2, -0.15) is 0 Å². The molecular weight excluding hydrogens is 517 g/mol. The number of aromatic amines is 2. The molecule has 1 unspecified atom stereocenters. The molecule has 3 N–H and O–H groups in total. The van der Waals surface area contributed by atoms with Gasteiger partial charge in [0.1, 0.15) is 17.2 Å². The molecule has 9 rings (SSSR count). The van der Waals surface area contributed by atoms with Gasteiger partial charge in [0, 0.05) is 49.4 Å². The normalized spacial score (nSPS) is 24.0. The number of hydrogen-bond acceptors (Lipinski definition) is 6. The lowest BCUT2D eigenvalue weighted by molar-refractivity contribution is 0.0976. The van der Waals surface area contributed by atoms with Gasteiger partial charge in [0.2, 0.25) is 0 Å². The number of aromatic nitrogens is 4. The first kappa shape index (κ1) is 24.5. The van der Waals surface area contributed by atoms with Gasteiger partial charge in [-0.15, -0.1) is 0 Å². The molecule has 2 aromatic carbocycles. The highest BCUT2D eigenvalue weighted by atomic mass is 19.1. The number of imidazole rings is 1. The molecule has 4 aliphatic heterocycles. The summed E-state index contributed by atoms with van der Waals surface area (Å²) in [4.78, 5) is 33.8. The quantitative estimate of drug-likeness (QED) is 0.282. The molecule has 0 spiro atoms. The van der Waals surface area contributed by atoms with Crippen molar-refractivity contribution in [3.05, 3.63) is 82.7 Å². The van der Waals surface area contributed by atoms with Crippen LogP contribution < -0.4 is 15.8 Å². The van der Waals surface area contributed by atoms with Gasteiger partial charge in [-0.25, -0.2) is 9.37 Å². The molecular formula is C32H32FN7O. The fraction of sp³-hybridized carbons (Fsp3) is 0.344. The Bertz CT molecular complexity index is 1780. The maximum absolute atomic E-state index is 16.0. The maximum atomic E-state index is 16.0. The first-order chi connectivity index (χ1) is 20.1. The Labute approximate surface area is 236 Å². The maximum Gasteiger partial charge on any atom is 0.261 e. The predicted molar refractivity (Wildman–Crippen MR) is 160 cm³/mol. The second-order valence-electron chi connectivity index (χ2n) is 11.8. The van der Waals surface area contributed by atoms with Gasteiger partial charge in [-0.3, -0.25) is 9.78 Å². The smallest absolute Gasteiger partial charge is 0.261 e. The molecule has 0 amide bonds. The summed E-state index contributed by atoms with van der Waals surface area (Å²) in [5.41, 5.74) is 4.79. The number of para-hydroxylation sites is 2. The van der Waals surface area contributed by atoms with Gasteiger partial charge in [-0.05, 0) is 74.2 Å². The Morgan fingerprint density at radius 1 is 0.951 bits per heavy atom. The molecule has 0 radical (unpaired) electrons. The number of H-pyrrole nitrogens is 2. The minimum Gasteiger partial charge on any atom is -0.379 e. The molecule has 8 nitrogen and oxygen atoms in total. The summed E-state index contributed by atoms with van der Waals surface area (Å²) in [5.74, 6) is 1.02. The zero-order valence-electron chi connectivity index (χ0n) is 22.7. The molecule has 0 saturated carbocycles. The van der Waals surface area contributed by atoms with Crippen molar-refractivity contribution in [1.29, 1.82) is 0 Å². The second-order valence-corrected chi connectivity index (χ2v) is 11.8. The van der Waals surface area contributed by atoms with Crippen LogP contribution in [0.15, 0.2) is 65.7 Å². The third-order valence-electron chi connectivity index (χ3n) is 9.38. The largest absolute Gasteiger partial charge is 0.379 e. The predicted octanol–water partition coefficient (Wildman–Crippen LogP) is 5.11. The molecule has 4 saturated heterocycles. The van der Waals surface area contributed by atoms with E-state index in [1.165, 1.54) is 5.56 Å². The van der Waals surface area contributed by atoms with Crippen LogP contribution in [-0.4, -0.2) is 63.6 Å². The number of fused-ring (bicyclic) bond motifs is 5. The number of pyridine rings is 2. The third-order valence-corrected chi connectivity index (χ3v) is 9.38. The van der Waals surface area contributed by atoms with Crippen molar-refractivity contribution in [3.8, 4) is 11.4 Å². The molecule has 4 aliphatic rings. The molecule has 208 valence electrons. The molecule has 4 fully saturated rings. The van der Waals surface area contributed by atoms with E-state index in [1.807, 2.05) is 42.6 Å². The van der Waals surface area contributed by atoms with E-state index in [0.29, 0.717) is 52.0 Å². The number of nitrogens with one attached hydrogen (secondary N) is 3. The molecule has 3 aromatic heterocycles. The lowest BCUT2D eigenvalue weighted by Gasteiger charge is -2.45. The molecule has 2 bridgehead atoms. The van der Waals surface area contributed by atoms with Crippen LogP contribution in [0.4, 0.5) is 15.8 Å². The summed E-state index contributed by atoms with van der Waals surface area (Å²) < 4.78 is 16.0. The van der Waals surface area contributed by atoms with Crippen LogP contribution in [0.25, 0.3) is 33.3 Å². The van der Waals surface area contributed by atoms with Gasteiger partial charge >= 0.3 is 0 Å². The minimum absolute atomic E-state index is 0.187. The number of nitrogens with zero attached hydrogens (tertiary/aromatic N) is 4. The number of benzene rings is 2. The Hall–Kier alpha value is -4.24. The van der Waals surface area contributed by atoms with Crippen LogP contribution in [0, 0.1) is 11.7 Å². The fourth-order valence-electron chi connectivity index (χ4n) is 7.18. The number of halogens is 1. The standard InChI is InChI=1S/C32H32FN7O/c33-23-14-22-26(15-28(23)40-13-9-21(17-40)20-4-3-10-34-16-20)38-32(41)29(31-36-24-5-1-2-6-25(24)37-31)30(22)35-27-18-39-11-7-19(27)8-12-39/h1-6,10,14-16,19,21,27H,7-9,11-13,17-18H2,(H,36,37)(H2,35,38,41)/t21?,27-/m0/s1. The van der Waals surface area contributed by atoms with E-state index in [0.717, 1.165) is 56.5 Å². The SMILES string of the molecule is O=c1[nH]c2cc(N3CCC(c4cccnc4)C3)c(F)cc2c(N[C@H]2CN3CCC2CC3)c1-c1nc2ccccc2[nH]1. The van der Waals surface area contributed by atoms with Crippen LogP contribution >= 0.6 is 0 Å². The Balaban J connectivity index is 1.23. The van der Waals surface area contributed by atoms with E-state index in [9.17, 15) is 4.79 Å². The van der Waals surface area contributed by atoms with E-state index in [-0.39, 0.29) is 17.4 Å². The molecule has 2 atom stereocenters. The van der Waals surface area contributed by atoms with Crippen LogP contribution in [0.2, 0.25) is 0 Å². The van der Waals surface area contributed by atoms with Gasteiger partial charge in [-0.1, -0.05) is 18.2 Å². The van der Waals surface area contributed by atoms with Crippen molar-refractivity contribution in [2.75, 3.05) is 42.9 Å². The molecule has 41 heavy (non-hydrogen) atoms. The van der Waals surface area contributed by atoms with Crippen LogP contribution in [0.3, 0.4) is 0 Å². The third kappa shape index (κ3) is 4.26. The highest BCUT2D eigenvalue weighted by molar-refractivity contribution is 6.00. The fourth-order valence-corrected chi connectivity index (χ4v) is 7.18. The molecule has 5 aromatic rings. The van der Waals surface area contributed by atoms with E-state index < -0.39 is 0 Å². The van der Waals surface area contributed by atoms with Gasteiger partial charge in [0.15, 0.2) is 0 Å². The molecule has 9 heteroatoms. The summed E-state index contributed by atoms with van der Waals surface area (Å²) in [6, 6.07) is 15.4. The van der Waals surface area contributed by atoms with E-state index in [4.69, 9.17) is 4.98 Å². The topological polar surface area (TPSA) is 92.9 Å². The average molecular weight is 550 g/mol. The number of rotatable bonds is 5. The molecule has 7 heterocycles. The Kier molecular flexibility index (Phi) is 5.80. The second kappa shape index (κ2) is 9.69. The average Bonchev–Trinajstić information content (AvgIpc) is 3.66. The van der Waals surface area contributed by atoms with Gasteiger partial charge in [0.25, 0.3) is 5.56 Å². The highest BCUT2D eigenvalue weighted by Gasteiger charge is 2.35. The van der Waals surface area contributed by atoms with Crippen LogP contribution in [-0.2, 0) is 0 Å². The van der Waals surface area contributed by atoms with Crippen molar-refractivity contribution in [1.82, 2.24) is 24.8 Å². The lowest BCUT2D eigenvalue weighted by Crippen LogP contribution is -2.53. The first-order valence-electron chi connectivity index (χ1n) is 14.6. The monoisotopic (exact) mass is 549 g/mol.